The van der Waals surface area contributed by atoms with Crippen LogP contribution >= 0.6 is 0 Å². The van der Waals surface area contributed by atoms with Crippen molar-refractivity contribution in [1.82, 2.24) is 9.78 Å². The highest BCUT2D eigenvalue weighted by molar-refractivity contribution is 7.87. The number of ketones is 1. The Bertz CT molecular complexity index is 1480. The van der Waals surface area contributed by atoms with E-state index in [-0.39, 0.29) is 27.6 Å². The third kappa shape index (κ3) is 5.64. The highest BCUT2D eigenvalue weighted by Crippen LogP contribution is 2.36. The molecule has 10 heteroatoms. The van der Waals surface area contributed by atoms with Gasteiger partial charge in [0.25, 0.3) is 5.69 Å². The van der Waals surface area contributed by atoms with Gasteiger partial charge in [0, 0.05) is 18.2 Å². The molecule has 0 spiro atoms. The molecule has 3 aromatic rings. The predicted molar refractivity (Wildman–Crippen MR) is 141 cm³/mol. The second-order valence-corrected chi connectivity index (χ2v) is 10.6. The predicted octanol–water partition coefficient (Wildman–Crippen LogP) is 6.02. The number of hydrogen-bond acceptors (Lipinski definition) is 7. The van der Waals surface area contributed by atoms with Gasteiger partial charge in [0.1, 0.15) is 10.5 Å². The van der Waals surface area contributed by atoms with Gasteiger partial charge in [0.05, 0.1) is 16.2 Å². The van der Waals surface area contributed by atoms with Gasteiger partial charge in [0.2, 0.25) is 11.7 Å². The minimum absolute atomic E-state index is 0.00775. The number of nitrogens with zero attached hydrogens (tertiary/aromatic N) is 3. The fraction of sp³-hybridized carbons (Fsp3) is 0.333. The van der Waals surface area contributed by atoms with Gasteiger partial charge < -0.3 is 4.18 Å². The van der Waals surface area contributed by atoms with E-state index in [1.165, 1.54) is 28.9 Å². The Kier molecular flexibility index (Phi) is 8.32. The largest absolute Gasteiger partial charge is 0.358 e. The summed E-state index contributed by atoms with van der Waals surface area (Å²) in [5.41, 5.74) is 2.77. The van der Waals surface area contributed by atoms with Crippen LogP contribution < -0.4 is 4.18 Å². The van der Waals surface area contributed by atoms with Crippen LogP contribution in [0.4, 0.5) is 5.69 Å². The molecule has 1 aromatic heterocycles. The Balaban J connectivity index is 2.23. The van der Waals surface area contributed by atoms with E-state index in [9.17, 15) is 23.3 Å². The summed E-state index contributed by atoms with van der Waals surface area (Å²) in [6, 6.07) is 10.4. The summed E-state index contributed by atoms with van der Waals surface area (Å²) in [7, 11) is -4.26. The molecule has 0 N–H and O–H groups in total. The third-order valence-corrected chi connectivity index (χ3v) is 7.49. The molecule has 0 radical (unpaired) electrons. The van der Waals surface area contributed by atoms with E-state index in [0.717, 1.165) is 12.0 Å². The first-order valence-corrected chi connectivity index (χ1v) is 13.4. The molecule has 0 atom stereocenters. The van der Waals surface area contributed by atoms with Crippen LogP contribution in [-0.4, -0.2) is 28.9 Å². The Morgan fingerprint density at radius 3 is 2.27 bits per heavy atom. The van der Waals surface area contributed by atoms with Crippen molar-refractivity contribution in [2.24, 2.45) is 0 Å². The molecule has 0 saturated heterocycles. The van der Waals surface area contributed by atoms with Crippen molar-refractivity contribution in [1.29, 1.82) is 0 Å². The molecular formula is C27H31N3O6S. The second kappa shape index (κ2) is 11.1. The monoisotopic (exact) mass is 525 g/mol. The maximum absolute atomic E-state index is 13.9. The van der Waals surface area contributed by atoms with Crippen molar-refractivity contribution < 1.29 is 22.3 Å². The number of nitro groups is 1. The lowest BCUT2D eigenvalue weighted by atomic mass is 9.90. The number of aromatic nitrogens is 2. The van der Waals surface area contributed by atoms with Crippen molar-refractivity contribution in [3.63, 3.8) is 0 Å². The lowest BCUT2D eigenvalue weighted by Gasteiger charge is -2.14. The molecule has 0 aliphatic heterocycles. The number of aryl methyl sites for hydroxylation is 2. The average molecular weight is 526 g/mol. The molecule has 196 valence electrons. The van der Waals surface area contributed by atoms with Gasteiger partial charge in [-0.15, -0.1) is 0 Å². The molecule has 0 saturated carbocycles. The summed E-state index contributed by atoms with van der Waals surface area (Å²) in [6.07, 6.45) is 1.51. The molecule has 1 heterocycles. The zero-order valence-electron chi connectivity index (χ0n) is 21.9. The summed E-state index contributed by atoms with van der Waals surface area (Å²) in [5, 5.41) is 16.2. The van der Waals surface area contributed by atoms with Crippen molar-refractivity contribution in [2.45, 2.75) is 65.8 Å². The molecule has 0 fully saturated rings. The van der Waals surface area contributed by atoms with Gasteiger partial charge >= 0.3 is 10.1 Å². The highest BCUT2D eigenvalue weighted by Gasteiger charge is 2.31. The van der Waals surface area contributed by atoms with E-state index in [0.29, 0.717) is 35.4 Å². The van der Waals surface area contributed by atoms with E-state index in [1.807, 2.05) is 20.8 Å². The number of carbonyl (C=O) groups excluding carboxylic acids is 1. The van der Waals surface area contributed by atoms with Crippen molar-refractivity contribution >= 4 is 27.2 Å². The van der Waals surface area contributed by atoms with Crippen LogP contribution in [0.3, 0.4) is 0 Å². The number of unbranched alkanes of at least 4 members (excludes halogenated alkanes) is 1. The first-order valence-electron chi connectivity index (χ1n) is 11.9. The second-order valence-electron chi connectivity index (χ2n) is 9.04. The maximum atomic E-state index is 13.9. The summed E-state index contributed by atoms with van der Waals surface area (Å²) in [5.74, 6) is -0.688. The normalized spacial score (nSPS) is 11.3. The third-order valence-electron chi connectivity index (χ3n) is 6.26. The number of rotatable bonds is 10. The van der Waals surface area contributed by atoms with Crippen LogP contribution in [-0.2, 0) is 16.7 Å². The molecule has 0 unspecified atom stereocenters. The zero-order valence-corrected chi connectivity index (χ0v) is 22.7. The zero-order chi connectivity index (χ0) is 27.5. The van der Waals surface area contributed by atoms with Crippen LogP contribution in [0, 0.1) is 24.0 Å². The number of hydrogen-bond donors (Lipinski definition) is 0. The summed E-state index contributed by atoms with van der Waals surface area (Å²) in [6.45, 7) is 11.1. The van der Waals surface area contributed by atoms with Crippen LogP contribution in [0.15, 0.2) is 52.9 Å². The van der Waals surface area contributed by atoms with Gasteiger partial charge in [-0.3, -0.25) is 14.9 Å². The minimum atomic E-state index is -4.26. The molecule has 9 nitrogen and oxygen atoms in total. The van der Waals surface area contributed by atoms with Gasteiger partial charge in [-0.25, -0.2) is 4.68 Å². The molecule has 37 heavy (non-hydrogen) atoms. The Labute approximate surface area is 217 Å². The molecule has 0 amide bonds. The van der Waals surface area contributed by atoms with E-state index in [1.54, 1.807) is 39.0 Å². The molecule has 3 rings (SSSR count). The number of nitro benzene ring substituents is 1. The van der Waals surface area contributed by atoms with E-state index < -0.39 is 20.8 Å². The van der Waals surface area contributed by atoms with Gasteiger partial charge in [-0.05, 0) is 70.4 Å². The van der Waals surface area contributed by atoms with Crippen LogP contribution in [0.5, 0.6) is 5.88 Å². The summed E-state index contributed by atoms with van der Waals surface area (Å²) in [4.78, 5) is 25.2. The van der Waals surface area contributed by atoms with E-state index in [2.05, 4.69) is 5.10 Å². The minimum Gasteiger partial charge on any atom is -0.358 e. The lowest BCUT2D eigenvalue weighted by Crippen LogP contribution is -2.16. The van der Waals surface area contributed by atoms with E-state index >= 15 is 0 Å². The smallest absolute Gasteiger partial charge is 0.340 e. The van der Waals surface area contributed by atoms with Crippen molar-refractivity contribution in [2.75, 3.05) is 0 Å². The Hall–Kier alpha value is -3.79. The van der Waals surface area contributed by atoms with Crippen LogP contribution in [0.2, 0.25) is 0 Å². The SMILES string of the molecule is CCCCn1nc(C)c(C(=O)c2ccc([N+](=O)[O-])c(C(C)=C(C)C)c2C)c1OS(=O)(=O)c1ccccc1. The lowest BCUT2D eigenvalue weighted by molar-refractivity contribution is -0.385. The maximum Gasteiger partial charge on any atom is 0.340 e. The quantitative estimate of drug-likeness (QED) is 0.137. The number of allylic oxidation sites excluding steroid dienone is 2. The fourth-order valence-corrected chi connectivity index (χ4v) is 5.02. The fourth-order valence-electron chi connectivity index (χ4n) is 4.06. The molecular weight excluding hydrogens is 494 g/mol. The number of carbonyl (C=O) groups is 1. The summed E-state index contributed by atoms with van der Waals surface area (Å²) >= 11 is 0. The molecule has 0 aliphatic rings. The standard InChI is InChI=1S/C27H31N3O6S/c1-7-8-16-29-27(36-37(34,35)21-12-10-9-11-13-21)25(20(6)28-29)26(31)22-14-15-23(30(32)33)24(19(22)5)18(4)17(2)3/h9-15H,7-8,16H2,1-6H3. The highest BCUT2D eigenvalue weighted by atomic mass is 32.2. The van der Waals surface area contributed by atoms with Gasteiger partial charge in [0.15, 0.2) is 0 Å². The van der Waals surface area contributed by atoms with Crippen LogP contribution in [0.1, 0.15) is 73.3 Å². The molecule has 0 bridgehead atoms. The number of benzene rings is 2. The first-order chi connectivity index (χ1) is 17.4. The molecule has 0 aliphatic carbocycles. The molecule has 2 aromatic carbocycles. The Morgan fingerprint density at radius 1 is 1.05 bits per heavy atom. The van der Waals surface area contributed by atoms with Crippen molar-refractivity contribution in [3.05, 3.63) is 86.1 Å². The van der Waals surface area contributed by atoms with E-state index in [4.69, 9.17) is 4.18 Å². The Morgan fingerprint density at radius 2 is 1.70 bits per heavy atom. The summed E-state index contributed by atoms with van der Waals surface area (Å²) < 4.78 is 33.2. The topological polar surface area (TPSA) is 121 Å². The van der Waals surface area contributed by atoms with Gasteiger partial charge in [-0.1, -0.05) is 37.1 Å². The van der Waals surface area contributed by atoms with Crippen LogP contribution in [0.25, 0.3) is 5.57 Å². The van der Waals surface area contributed by atoms with Crippen molar-refractivity contribution in [3.8, 4) is 5.88 Å². The van der Waals surface area contributed by atoms with Gasteiger partial charge in [-0.2, -0.15) is 13.5 Å². The average Bonchev–Trinajstić information content (AvgIpc) is 3.15. The first kappa shape index (κ1) is 27.8.